The van der Waals surface area contributed by atoms with Gasteiger partial charge in [-0.2, -0.15) is 0 Å². The Morgan fingerprint density at radius 3 is 0.914 bits per heavy atom. The number of unbranched alkanes of at least 4 members (excludes halogenated alkanes) is 25. The highest BCUT2D eigenvalue weighted by Gasteiger charge is 2.19. The van der Waals surface area contributed by atoms with Crippen LogP contribution in [-0.2, 0) is 28.6 Å². The first-order valence-electron chi connectivity index (χ1n) is 28.3. The van der Waals surface area contributed by atoms with Gasteiger partial charge < -0.3 is 14.2 Å². The maximum Gasteiger partial charge on any atom is 0.306 e. The first kappa shape index (κ1) is 65.5. The lowest BCUT2D eigenvalue weighted by Gasteiger charge is -2.18. The quantitative estimate of drug-likeness (QED) is 0.0262. The smallest absolute Gasteiger partial charge is 0.306 e. The highest BCUT2D eigenvalue weighted by atomic mass is 16.6. The molecular weight excluding hydrogens is 865 g/mol. The zero-order valence-corrected chi connectivity index (χ0v) is 45.0. The van der Waals surface area contributed by atoms with Gasteiger partial charge in [0.15, 0.2) is 6.10 Å². The molecule has 6 nitrogen and oxygen atoms in total. The molecule has 0 bridgehead atoms. The molecule has 70 heavy (non-hydrogen) atoms. The van der Waals surface area contributed by atoms with Gasteiger partial charge in [0.1, 0.15) is 13.2 Å². The molecule has 0 spiro atoms. The normalized spacial score (nSPS) is 13.1. The van der Waals surface area contributed by atoms with Crippen LogP contribution in [0.1, 0.15) is 233 Å². The van der Waals surface area contributed by atoms with E-state index in [0.29, 0.717) is 12.8 Å². The Kier molecular flexibility index (Phi) is 53.5. The Labute approximate surface area is 430 Å². The third-order valence-corrected chi connectivity index (χ3v) is 11.7. The van der Waals surface area contributed by atoms with Gasteiger partial charge >= 0.3 is 17.9 Å². The third-order valence-electron chi connectivity index (χ3n) is 11.7. The summed E-state index contributed by atoms with van der Waals surface area (Å²) in [5.41, 5.74) is 0. The Morgan fingerprint density at radius 2 is 0.557 bits per heavy atom. The second-order valence-electron chi connectivity index (χ2n) is 18.4. The molecule has 6 heteroatoms. The number of ether oxygens (including phenoxy) is 3. The largest absolute Gasteiger partial charge is 0.462 e. The summed E-state index contributed by atoms with van der Waals surface area (Å²) in [7, 11) is 0. The summed E-state index contributed by atoms with van der Waals surface area (Å²) < 4.78 is 16.8. The predicted octanol–water partition coefficient (Wildman–Crippen LogP) is 19.0. The van der Waals surface area contributed by atoms with Gasteiger partial charge in [-0.15, -0.1) is 0 Å². The number of rotatable bonds is 49. The summed E-state index contributed by atoms with van der Waals surface area (Å²) in [6.45, 7) is 6.39. The van der Waals surface area contributed by atoms with Crippen molar-refractivity contribution in [2.24, 2.45) is 0 Å². The highest BCUT2D eigenvalue weighted by molar-refractivity contribution is 5.71. The summed E-state index contributed by atoms with van der Waals surface area (Å²) in [5.74, 6) is -0.977. The van der Waals surface area contributed by atoms with Crippen molar-refractivity contribution in [3.63, 3.8) is 0 Å². The Balaban J connectivity index is 4.56. The SMILES string of the molecule is CC\C=C/C=C\C=C/C=C\C=C\C=C/C=C\CCCCCC(=O)OCC(COC(=O)CCCCCCCCCCCCCCCCC)OC(=O)CCCCCCC\C=C/C=C\C=C/C=C\CCCCC. The lowest BCUT2D eigenvalue weighted by molar-refractivity contribution is -0.167. The van der Waals surface area contributed by atoms with E-state index in [2.05, 4.69) is 81.5 Å². The van der Waals surface area contributed by atoms with Crippen molar-refractivity contribution in [3.05, 3.63) is 134 Å². The summed E-state index contributed by atoms with van der Waals surface area (Å²) in [6.07, 6.45) is 79.9. The molecule has 0 aliphatic rings. The molecule has 0 radical (unpaired) electrons. The molecule has 0 saturated carbocycles. The van der Waals surface area contributed by atoms with Crippen molar-refractivity contribution in [1.29, 1.82) is 0 Å². The fourth-order valence-electron chi connectivity index (χ4n) is 7.44. The Hall–Kier alpha value is -4.45. The van der Waals surface area contributed by atoms with Crippen LogP contribution in [0.3, 0.4) is 0 Å². The lowest BCUT2D eigenvalue weighted by Crippen LogP contribution is -2.30. The average molecular weight is 968 g/mol. The summed E-state index contributed by atoms with van der Waals surface area (Å²) in [4.78, 5) is 38.2. The standard InChI is InChI=1S/C64H102O6/c1-4-7-10-13-16-19-22-25-28-30-32-34-36-39-42-45-48-51-54-57-63(66)69-60-61(59-68-62(65)56-53-50-47-44-41-38-35-27-24-21-18-15-12-9-6-3)70-64(67)58-55-52-49-46-43-40-37-33-31-29-26-23-20-17-14-11-8-5-2/h7,10,13,16-17,19-20,22-23,25-26,28-34,36-37,39,42,61H,4-6,8-9,11-12,14-15,18,21,24,27,35,38,40-41,43-60H2,1-3H3/b10-7-,16-13-,20-17-,22-19-,26-23-,28-25-,31-29-,32-30+,36-34-,37-33-,42-39-. The van der Waals surface area contributed by atoms with E-state index < -0.39 is 6.10 Å². The minimum absolute atomic E-state index is 0.106. The van der Waals surface area contributed by atoms with Gasteiger partial charge in [-0.3, -0.25) is 14.4 Å². The van der Waals surface area contributed by atoms with E-state index in [-0.39, 0.29) is 37.5 Å². The first-order chi connectivity index (χ1) is 34.5. The van der Waals surface area contributed by atoms with Gasteiger partial charge in [-0.1, -0.05) is 283 Å². The fraction of sp³-hybridized carbons (Fsp3) is 0.609. The minimum Gasteiger partial charge on any atom is -0.462 e. The number of carbonyl (C=O) groups is 3. The van der Waals surface area contributed by atoms with E-state index in [4.69, 9.17) is 14.2 Å². The maximum atomic E-state index is 12.9. The van der Waals surface area contributed by atoms with Crippen LogP contribution >= 0.6 is 0 Å². The van der Waals surface area contributed by atoms with Crippen LogP contribution in [0.15, 0.2) is 134 Å². The zero-order valence-electron chi connectivity index (χ0n) is 45.0. The molecule has 0 aromatic carbocycles. The van der Waals surface area contributed by atoms with Crippen LogP contribution in [-0.4, -0.2) is 37.2 Å². The van der Waals surface area contributed by atoms with Crippen molar-refractivity contribution < 1.29 is 28.6 Å². The number of allylic oxidation sites excluding steroid dienone is 22. The van der Waals surface area contributed by atoms with Crippen molar-refractivity contribution >= 4 is 17.9 Å². The van der Waals surface area contributed by atoms with Crippen LogP contribution in [0.4, 0.5) is 0 Å². The molecular formula is C64H102O6. The van der Waals surface area contributed by atoms with Gasteiger partial charge in [0.2, 0.25) is 0 Å². The fourth-order valence-corrected chi connectivity index (χ4v) is 7.44. The molecule has 1 atom stereocenters. The van der Waals surface area contributed by atoms with Crippen molar-refractivity contribution in [1.82, 2.24) is 0 Å². The van der Waals surface area contributed by atoms with Gasteiger partial charge in [0.25, 0.3) is 0 Å². The molecule has 0 amide bonds. The molecule has 0 heterocycles. The highest BCUT2D eigenvalue weighted by Crippen LogP contribution is 2.15. The lowest BCUT2D eigenvalue weighted by atomic mass is 10.0. The molecule has 0 rings (SSSR count). The molecule has 0 saturated heterocycles. The van der Waals surface area contributed by atoms with Crippen LogP contribution < -0.4 is 0 Å². The molecule has 0 aliphatic carbocycles. The zero-order chi connectivity index (χ0) is 50.7. The number of hydrogen-bond donors (Lipinski definition) is 0. The Bertz CT molecular complexity index is 1530. The number of carbonyl (C=O) groups excluding carboxylic acids is 3. The molecule has 0 aromatic rings. The maximum absolute atomic E-state index is 12.9. The predicted molar refractivity (Wildman–Crippen MR) is 302 cm³/mol. The van der Waals surface area contributed by atoms with Crippen LogP contribution in [0.5, 0.6) is 0 Å². The van der Waals surface area contributed by atoms with Gasteiger partial charge in [-0.05, 0) is 64.2 Å². The van der Waals surface area contributed by atoms with Crippen LogP contribution in [0, 0.1) is 0 Å². The Morgan fingerprint density at radius 1 is 0.300 bits per heavy atom. The monoisotopic (exact) mass is 967 g/mol. The second kappa shape index (κ2) is 57.1. The van der Waals surface area contributed by atoms with Gasteiger partial charge in [0, 0.05) is 19.3 Å². The van der Waals surface area contributed by atoms with Crippen molar-refractivity contribution in [3.8, 4) is 0 Å². The number of esters is 3. The first-order valence-corrected chi connectivity index (χ1v) is 28.3. The van der Waals surface area contributed by atoms with E-state index in [9.17, 15) is 14.4 Å². The molecule has 0 N–H and O–H groups in total. The van der Waals surface area contributed by atoms with E-state index in [1.54, 1.807) is 0 Å². The van der Waals surface area contributed by atoms with E-state index in [1.165, 1.54) is 96.3 Å². The average Bonchev–Trinajstić information content (AvgIpc) is 3.36. The second-order valence-corrected chi connectivity index (χ2v) is 18.4. The minimum atomic E-state index is -0.814. The van der Waals surface area contributed by atoms with E-state index >= 15 is 0 Å². The topological polar surface area (TPSA) is 78.9 Å². The molecule has 0 aliphatic heterocycles. The summed E-state index contributed by atoms with van der Waals surface area (Å²) in [6, 6.07) is 0. The number of hydrogen-bond acceptors (Lipinski definition) is 6. The van der Waals surface area contributed by atoms with Crippen molar-refractivity contribution in [2.45, 2.75) is 239 Å². The van der Waals surface area contributed by atoms with Crippen LogP contribution in [0.25, 0.3) is 0 Å². The van der Waals surface area contributed by atoms with E-state index in [1.807, 2.05) is 72.9 Å². The molecule has 0 aromatic heterocycles. The summed E-state index contributed by atoms with van der Waals surface area (Å²) in [5, 5.41) is 0. The molecule has 0 fully saturated rings. The van der Waals surface area contributed by atoms with Crippen molar-refractivity contribution in [2.75, 3.05) is 13.2 Å². The van der Waals surface area contributed by atoms with E-state index in [0.717, 1.165) is 96.3 Å². The molecule has 1 unspecified atom stereocenters. The third kappa shape index (κ3) is 54.5. The van der Waals surface area contributed by atoms with Gasteiger partial charge in [-0.25, -0.2) is 0 Å². The summed E-state index contributed by atoms with van der Waals surface area (Å²) >= 11 is 0. The van der Waals surface area contributed by atoms with Gasteiger partial charge in [0.05, 0.1) is 0 Å². The van der Waals surface area contributed by atoms with Crippen LogP contribution in [0.2, 0.25) is 0 Å². The molecule has 394 valence electrons.